The maximum atomic E-state index is 3.38. The molecular formula is C18H19N. The largest absolute Gasteiger partial charge is 0.309 e. The van der Waals surface area contributed by atoms with Gasteiger partial charge in [-0.05, 0) is 11.1 Å². The van der Waals surface area contributed by atoms with Gasteiger partial charge in [-0.3, -0.25) is 0 Å². The number of nitrogens with one attached hydrogen (secondary N) is 1. The van der Waals surface area contributed by atoms with Crippen LogP contribution in [0.2, 0.25) is 0 Å². The number of allylic oxidation sites excluding steroid dienone is 2. The molecule has 0 atom stereocenters. The van der Waals surface area contributed by atoms with Gasteiger partial charge in [-0.15, -0.1) is 0 Å². The highest BCUT2D eigenvalue weighted by atomic mass is 14.8. The fraction of sp³-hybridized carbons (Fsp3) is 0.111. The molecule has 0 heterocycles. The van der Waals surface area contributed by atoms with Crippen molar-refractivity contribution in [2.45, 2.75) is 6.54 Å². The van der Waals surface area contributed by atoms with Gasteiger partial charge in [-0.1, -0.05) is 85.0 Å². The molecule has 2 aromatic carbocycles. The van der Waals surface area contributed by atoms with Gasteiger partial charge in [-0.2, -0.15) is 0 Å². The van der Waals surface area contributed by atoms with E-state index in [2.05, 4.69) is 66.0 Å². The summed E-state index contributed by atoms with van der Waals surface area (Å²) in [5.41, 5.74) is 2.54. The molecule has 19 heavy (non-hydrogen) atoms. The quantitative estimate of drug-likeness (QED) is 0.601. The van der Waals surface area contributed by atoms with Gasteiger partial charge in [0, 0.05) is 13.1 Å². The van der Waals surface area contributed by atoms with Gasteiger partial charge >= 0.3 is 0 Å². The molecule has 0 amide bonds. The summed E-state index contributed by atoms with van der Waals surface area (Å²) >= 11 is 0. The fourth-order valence-corrected chi connectivity index (χ4v) is 1.77. The molecule has 1 heteroatoms. The normalized spacial score (nSPS) is 11.4. The van der Waals surface area contributed by atoms with E-state index in [1.807, 2.05) is 24.3 Å². The zero-order valence-electron chi connectivity index (χ0n) is 11.0. The lowest BCUT2D eigenvalue weighted by Crippen LogP contribution is -2.12. The summed E-state index contributed by atoms with van der Waals surface area (Å²) < 4.78 is 0. The molecule has 96 valence electrons. The Labute approximate surface area is 115 Å². The fourth-order valence-electron chi connectivity index (χ4n) is 1.77. The van der Waals surface area contributed by atoms with E-state index in [-0.39, 0.29) is 0 Å². The molecule has 0 aliphatic rings. The second-order valence-electron chi connectivity index (χ2n) is 4.31. The van der Waals surface area contributed by atoms with Crippen molar-refractivity contribution < 1.29 is 0 Å². The van der Waals surface area contributed by atoms with Crippen molar-refractivity contribution in [2.24, 2.45) is 0 Å². The van der Waals surface area contributed by atoms with Crippen LogP contribution in [0.1, 0.15) is 11.1 Å². The molecule has 0 fully saturated rings. The van der Waals surface area contributed by atoms with Crippen LogP contribution >= 0.6 is 0 Å². The number of rotatable bonds is 6. The monoisotopic (exact) mass is 249 g/mol. The molecule has 0 saturated carbocycles. The molecule has 0 aromatic heterocycles. The van der Waals surface area contributed by atoms with Crippen molar-refractivity contribution in [3.63, 3.8) is 0 Å². The van der Waals surface area contributed by atoms with Gasteiger partial charge in [0.25, 0.3) is 0 Å². The first kappa shape index (κ1) is 13.3. The number of hydrogen-bond acceptors (Lipinski definition) is 1. The Balaban J connectivity index is 1.66. The van der Waals surface area contributed by atoms with Crippen molar-refractivity contribution in [3.8, 4) is 0 Å². The Hall–Kier alpha value is -2.12. The minimum atomic E-state index is 0.883. The molecule has 2 aromatic rings. The second-order valence-corrected chi connectivity index (χ2v) is 4.31. The highest BCUT2D eigenvalue weighted by Crippen LogP contribution is 2.00. The molecule has 1 nitrogen and oxygen atoms in total. The van der Waals surface area contributed by atoms with E-state index in [9.17, 15) is 0 Å². The summed E-state index contributed by atoms with van der Waals surface area (Å²) in [5, 5.41) is 3.38. The van der Waals surface area contributed by atoms with E-state index >= 15 is 0 Å². The Morgan fingerprint density at radius 2 is 1.47 bits per heavy atom. The standard InChI is InChI=1S/C18H19N/c1-4-10-17(11-5-1)12-8-3-9-15-19-16-18-13-6-2-7-14-18/h1-14,19H,15-16H2. The molecular weight excluding hydrogens is 230 g/mol. The van der Waals surface area contributed by atoms with Crippen molar-refractivity contribution in [2.75, 3.05) is 6.54 Å². The molecule has 0 unspecified atom stereocenters. The molecule has 0 spiro atoms. The van der Waals surface area contributed by atoms with Crippen molar-refractivity contribution >= 4 is 6.08 Å². The van der Waals surface area contributed by atoms with Gasteiger partial charge < -0.3 is 5.32 Å². The van der Waals surface area contributed by atoms with Crippen molar-refractivity contribution in [1.82, 2.24) is 5.32 Å². The van der Waals surface area contributed by atoms with E-state index < -0.39 is 0 Å². The van der Waals surface area contributed by atoms with Crippen molar-refractivity contribution in [1.29, 1.82) is 0 Å². The Bertz CT molecular complexity index is 512. The van der Waals surface area contributed by atoms with E-state index in [1.165, 1.54) is 11.1 Å². The molecule has 0 bridgehead atoms. The summed E-state index contributed by atoms with van der Waals surface area (Å²) in [6.07, 6.45) is 8.38. The first-order valence-corrected chi connectivity index (χ1v) is 6.58. The average Bonchev–Trinajstić information content (AvgIpc) is 2.48. The van der Waals surface area contributed by atoms with Crippen LogP contribution in [0.15, 0.2) is 78.9 Å². The van der Waals surface area contributed by atoms with Crippen molar-refractivity contribution in [3.05, 3.63) is 90.0 Å². The minimum Gasteiger partial charge on any atom is -0.309 e. The van der Waals surface area contributed by atoms with Gasteiger partial charge in [0.1, 0.15) is 0 Å². The van der Waals surface area contributed by atoms with E-state index in [4.69, 9.17) is 0 Å². The van der Waals surface area contributed by atoms with Crippen LogP contribution in [0.3, 0.4) is 0 Å². The van der Waals surface area contributed by atoms with Gasteiger partial charge in [0.05, 0.1) is 0 Å². The number of benzene rings is 2. The highest BCUT2D eigenvalue weighted by Gasteiger charge is 1.87. The molecule has 0 aliphatic heterocycles. The van der Waals surface area contributed by atoms with Crippen LogP contribution in [0.25, 0.3) is 6.08 Å². The van der Waals surface area contributed by atoms with E-state index in [0.29, 0.717) is 0 Å². The van der Waals surface area contributed by atoms with E-state index in [1.54, 1.807) is 0 Å². The third-order valence-electron chi connectivity index (χ3n) is 2.77. The van der Waals surface area contributed by atoms with Crippen LogP contribution in [0.5, 0.6) is 0 Å². The number of hydrogen-bond donors (Lipinski definition) is 1. The first-order chi connectivity index (χ1) is 9.45. The summed E-state index contributed by atoms with van der Waals surface area (Å²) in [5.74, 6) is 0. The SMILES string of the molecule is C(C=Cc1ccccc1)=CCNCc1ccccc1. The van der Waals surface area contributed by atoms with Gasteiger partial charge in [0.15, 0.2) is 0 Å². The Morgan fingerprint density at radius 1 is 0.789 bits per heavy atom. The lowest BCUT2D eigenvalue weighted by atomic mass is 10.2. The summed E-state index contributed by atoms with van der Waals surface area (Å²) in [6.45, 7) is 1.79. The lowest BCUT2D eigenvalue weighted by molar-refractivity contribution is 0.760. The maximum absolute atomic E-state index is 3.38. The summed E-state index contributed by atoms with van der Waals surface area (Å²) in [7, 11) is 0. The molecule has 0 radical (unpaired) electrons. The van der Waals surface area contributed by atoms with Crippen LogP contribution in [-0.2, 0) is 6.54 Å². The minimum absolute atomic E-state index is 0.883. The zero-order chi connectivity index (χ0) is 13.2. The first-order valence-electron chi connectivity index (χ1n) is 6.58. The average molecular weight is 249 g/mol. The van der Waals surface area contributed by atoms with Crippen LogP contribution < -0.4 is 5.32 Å². The van der Waals surface area contributed by atoms with E-state index in [0.717, 1.165) is 13.1 Å². The van der Waals surface area contributed by atoms with Crippen LogP contribution in [0.4, 0.5) is 0 Å². The second kappa shape index (κ2) is 8.06. The third kappa shape index (κ3) is 5.36. The predicted octanol–water partition coefficient (Wildman–Crippen LogP) is 4.05. The molecule has 1 N–H and O–H groups in total. The predicted molar refractivity (Wildman–Crippen MR) is 82.8 cm³/mol. The highest BCUT2D eigenvalue weighted by molar-refractivity contribution is 5.50. The molecule has 0 aliphatic carbocycles. The van der Waals surface area contributed by atoms with Crippen LogP contribution in [0, 0.1) is 0 Å². The maximum Gasteiger partial charge on any atom is 0.0208 e. The Morgan fingerprint density at radius 3 is 2.21 bits per heavy atom. The lowest BCUT2D eigenvalue weighted by Gasteiger charge is -2.00. The third-order valence-corrected chi connectivity index (χ3v) is 2.77. The summed E-state index contributed by atoms with van der Waals surface area (Å²) in [6, 6.07) is 20.7. The van der Waals surface area contributed by atoms with Crippen LogP contribution in [-0.4, -0.2) is 6.54 Å². The zero-order valence-corrected chi connectivity index (χ0v) is 11.0. The van der Waals surface area contributed by atoms with Gasteiger partial charge in [0.2, 0.25) is 0 Å². The molecule has 2 rings (SSSR count). The summed E-state index contributed by atoms with van der Waals surface area (Å²) in [4.78, 5) is 0. The molecule has 0 saturated heterocycles. The smallest absolute Gasteiger partial charge is 0.0208 e. The Kier molecular flexibility index (Phi) is 5.65. The van der Waals surface area contributed by atoms with Gasteiger partial charge in [-0.25, -0.2) is 0 Å². The topological polar surface area (TPSA) is 12.0 Å².